The van der Waals surface area contributed by atoms with E-state index in [0.717, 1.165) is 18.7 Å². The molecule has 1 saturated heterocycles. The number of rotatable bonds is 4. The number of hydrogen-bond acceptors (Lipinski definition) is 3. The van der Waals surface area contributed by atoms with E-state index in [9.17, 15) is 23.1 Å². The van der Waals surface area contributed by atoms with E-state index in [2.05, 4.69) is 0 Å². The summed E-state index contributed by atoms with van der Waals surface area (Å²) in [5, 5.41) is 11.2. The van der Waals surface area contributed by atoms with Crippen LogP contribution in [0.25, 0.3) is 0 Å². The van der Waals surface area contributed by atoms with Crippen LogP contribution in [-0.4, -0.2) is 54.8 Å². The largest absolute Gasteiger partial charge is 0.454 e. The molecule has 1 aromatic carbocycles. The van der Waals surface area contributed by atoms with Crippen molar-refractivity contribution >= 4 is 5.97 Å². The highest BCUT2D eigenvalue weighted by molar-refractivity contribution is 5.82. The third-order valence-electron chi connectivity index (χ3n) is 5.62. The second kappa shape index (κ2) is 6.53. The fraction of sp³-hybridized carbons (Fsp3) is 0.632. The van der Waals surface area contributed by atoms with Crippen LogP contribution in [0.2, 0.25) is 0 Å². The third-order valence-corrected chi connectivity index (χ3v) is 5.62. The number of nitrogens with zero attached hydrogens (tertiary/aromatic N) is 1. The van der Waals surface area contributed by atoms with Gasteiger partial charge in [0.1, 0.15) is 12.4 Å². The topological polar surface area (TPSA) is 46.5 Å². The lowest BCUT2D eigenvalue weighted by atomic mass is 9.80. The Hall–Kier alpha value is -1.60. The molecule has 0 radical (unpaired) electrons. The van der Waals surface area contributed by atoms with E-state index in [1.807, 2.05) is 14.1 Å². The van der Waals surface area contributed by atoms with E-state index in [1.54, 1.807) is 0 Å². The van der Waals surface area contributed by atoms with Gasteiger partial charge in [0.05, 0.1) is 20.6 Å². The van der Waals surface area contributed by atoms with E-state index in [1.165, 1.54) is 12.1 Å². The molecule has 144 valence electrons. The van der Waals surface area contributed by atoms with Crippen molar-refractivity contribution in [3.05, 3.63) is 35.6 Å². The predicted octanol–water partition coefficient (Wildman–Crippen LogP) is 2.84. The first-order valence-electron chi connectivity index (χ1n) is 8.91. The van der Waals surface area contributed by atoms with Gasteiger partial charge in [-0.05, 0) is 24.1 Å². The number of benzene rings is 1. The van der Waals surface area contributed by atoms with Gasteiger partial charge in [-0.1, -0.05) is 12.1 Å². The van der Waals surface area contributed by atoms with Crippen LogP contribution in [0.3, 0.4) is 0 Å². The molecule has 2 fully saturated rings. The molecule has 4 nitrogen and oxygen atoms in total. The standard InChI is InChI=1S/C19H25F3NO3/c1-23(2)10-8-16(12-23)26-17(24)19(25,13-3-5-15(20)6-4-13)14-7-9-18(21,22)11-14/h3-6,14,16,25H,7-12H2,1-2H3/q+1/t14-,16-,19+/m1/s1. The van der Waals surface area contributed by atoms with Gasteiger partial charge in [0, 0.05) is 25.2 Å². The van der Waals surface area contributed by atoms with Crippen molar-refractivity contribution in [2.24, 2.45) is 5.92 Å². The Morgan fingerprint density at radius 1 is 1.27 bits per heavy atom. The number of ether oxygens (including phenoxy) is 1. The first-order valence-corrected chi connectivity index (χ1v) is 8.91. The monoisotopic (exact) mass is 372 g/mol. The lowest BCUT2D eigenvalue weighted by Gasteiger charge is -2.33. The van der Waals surface area contributed by atoms with E-state index in [-0.39, 0.29) is 24.5 Å². The molecule has 26 heavy (non-hydrogen) atoms. The van der Waals surface area contributed by atoms with E-state index >= 15 is 0 Å². The zero-order valence-electron chi connectivity index (χ0n) is 15.1. The molecular formula is C19H25F3NO3+. The summed E-state index contributed by atoms with van der Waals surface area (Å²) in [5.41, 5.74) is -2.11. The van der Waals surface area contributed by atoms with Crippen molar-refractivity contribution in [1.29, 1.82) is 0 Å². The second-order valence-corrected chi connectivity index (χ2v) is 8.23. The van der Waals surface area contributed by atoms with Crippen molar-refractivity contribution in [1.82, 2.24) is 0 Å². The van der Waals surface area contributed by atoms with Crippen LogP contribution in [0.15, 0.2) is 24.3 Å². The Labute approximate surface area is 151 Å². The third kappa shape index (κ3) is 3.74. The van der Waals surface area contributed by atoms with Gasteiger partial charge in [-0.25, -0.2) is 18.0 Å². The maximum absolute atomic E-state index is 13.7. The van der Waals surface area contributed by atoms with Crippen LogP contribution in [0, 0.1) is 11.7 Å². The summed E-state index contributed by atoms with van der Waals surface area (Å²) < 4.78 is 47.0. The van der Waals surface area contributed by atoms with Gasteiger partial charge in [-0.3, -0.25) is 0 Å². The number of likely N-dealkylation sites (tertiary alicyclic amines) is 1. The van der Waals surface area contributed by atoms with Crippen LogP contribution in [-0.2, 0) is 15.1 Å². The molecule has 1 aliphatic heterocycles. The quantitative estimate of drug-likeness (QED) is 0.653. The molecule has 2 aliphatic rings. The number of aliphatic hydroxyl groups is 1. The highest BCUT2D eigenvalue weighted by Gasteiger charge is 2.55. The number of alkyl halides is 2. The van der Waals surface area contributed by atoms with Gasteiger partial charge in [-0.2, -0.15) is 0 Å². The Kier molecular flexibility index (Phi) is 4.82. The van der Waals surface area contributed by atoms with Crippen LogP contribution in [0.1, 0.15) is 31.2 Å². The van der Waals surface area contributed by atoms with Crippen LogP contribution < -0.4 is 0 Å². The first-order chi connectivity index (χ1) is 12.0. The maximum atomic E-state index is 13.7. The van der Waals surface area contributed by atoms with Crippen LogP contribution in [0.4, 0.5) is 13.2 Å². The van der Waals surface area contributed by atoms with Crippen molar-refractivity contribution in [2.75, 3.05) is 27.2 Å². The minimum absolute atomic E-state index is 0.00218. The normalized spacial score (nSPS) is 29.3. The highest BCUT2D eigenvalue weighted by Crippen LogP contribution is 2.48. The fourth-order valence-corrected chi connectivity index (χ4v) is 4.10. The van der Waals surface area contributed by atoms with Crippen molar-refractivity contribution in [3.8, 4) is 0 Å². The molecule has 0 aromatic heterocycles. The molecular weight excluding hydrogens is 347 g/mol. The summed E-state index contributed by atoms with van der Waals surface area (Å²) >= 11 is 0. The van der Waals surface area contributed by atoms with Gasteiger partial charge in [0.25, 0.3) is 0 Å². The Bertz CT molecular complexity index is 677. The number of quaternary nitrogens is 1. The van der Waals surface area contributed by atoms with Crippen molar-refractivity contribution in [2.45, 2.75) is 43.3 Å². The first kappa shape index (κ1) is 19.2. The van der Waals surface area contributed by atoms with Gasteiger partial charge >= 0.3 is 5.97 Å². The molecule has 1 N–H and O–H groups in total. The molecule has 1 aromatic rings. The summed E-state index contributed by atoms with van der Waals surface area (Å²) in [7, 11) is 4.02. The number of carbonyl (C=O) groups excluding carboxylic acids is 1. The van der Waals surface area contributed by atoms with Gasteiger partial charge in [0.15, 0.2) is 11.7 Å². The number of likely N-dealkylation sites (N-methyl/N-ethyl adjacent to an activating group) is 1. The molecule has 1 saturated carbocycles. The molecule has 1 aliphatic carbocycles. The average Bonchev–Trinajstić information content (AvgIpc) is 3.08. The summed E-state index contributed by atoms with van der Waals surface area (Å²) in [4.78, 5) is 12.9. The zero-order valence-corrected chi connectivity index (χ0v) is 15.1. The van der Waals surface area contributed by atoms with Crippen LogP contribution >= 0.6 is 0 Å². The average molecular weight is 372 g/mol. The summed E-state index contributed by atoms with van der Waals surface area (Å²) in [5.74, 6) is -5.35. The molecule has 7 heteroatoms. The SMILES string of the molecule is C[N+]1(C)CC[C@@H](OC(=O)[C@](O)(c2ccc(F)cc2)[C@@H]2CCC(F)(F)C2)C1. The summed E-state index contributed by atoms with van der Waals surface area (Å²) in [6, 6.07) is 4.75. The molecule has 0 spiro atoms. The van der Waals surface area contributed by atoms with Crippen LogP contribution in [0.5, 0.6) is 0 Å². The Balaban J connectivity index is 1.87. The minimum atomic E-state index is -2.93. The Morgan fingerprint density at radius 2 is 1.92 bits per heavy atom. The summed E-state index contributed by atoms with van der Waals surface area (Å²) in [6.45, 7) is 1.43. The minimum Gasteiger partial charge on any atom is -0.454 e. The number of halogens is 3. The maximum Gasteiger partial charge on any atom is 0.343 e. The Morgan fingerprint density at radius 3 is 2.42 bits per heavy atom. The lowest BCUT2D eigenvalue weighted by molar-refractivity contribution is -0.879. The molecule has 3 rings (SSSR count). The van der Waals surface area contributed by atoms with Gasteiger partial charge in [-0.15, -0.1) is 0 Å². The predicted molar refractivity (Wildman–Crippen MR) is 88.9 cm³/mol. The molecule has 3 atom stereocenters. The molecule has 0 amide bonds. The zero-order chi connectivity index (χ0) is 19.2. The molecule has 1 heterocycles. The van der Waals surface area contributed by atoms with E-state index in [0.29, 0.717) is 17.4 Å². The van der Waals surface area contributed by atoms with Gasteiger partial charge in [0.2, 0.25) is 5.92 Å². The summed E-state index contributed by atoms with van der Waals surface area (Å²) in [6.07, 6.45) is -0.697. The van der Waals surface area contributed by atoms with Crippen molar-refractivity contribution in [3.63, 3.8) is 0 Å². The smallest absolute Gasteiger partial charge is 0.343 e. The number of carbonyl (C=O) groups is 1. The second-order valence-electron chi connectivity index (χ2n) is 8.23. The molecule has 0 unspecified atom stereocenters. The van der Waals surface area contributed by atoms with Gasteiger partial charge < -0.3 is 14.3 Å². The van der Waals surface area contributed by atoms with Crippen molar-refractivity contribution < 1.29 is 32.3 Å². The lowest BCUT2D eigenvalue weighted by Crippen LogP contribution is -2.46. The number of hydrogen-bond donors (Lipinski definition) is 1. The van der Waals surface area contributed by atoms with E-state index < -0.39 is 35.6 Å². The fourth-order valence-electron chi connectivity index (χ4n) is 4.10. The highest BCUT2D eigenvalue weighted by atomic mass is 19.3. The molecule has 0 bridgehead atoms. The van der Waals surface area contributed by atoms with E-state index in [4.69, 9.17) is 4.74 Å². The number of esters is 1.